The molecule has 0 bridgehead atoms. The maximum Gasteiger partial charge on any atom is 0.155 e. The number of hydrogen-bond acceptors (Lipinski definition) is 2. The lowest BCUT2D eigenvalue weighted by atomic mass is 10.00. The fourth-order valence-electron chi connectivity index (χ4n) is 4.01. The minimum Gasteiger partial charge on any atom is -0.350 e. The van der Waals surface area contributed by atoms with E-state index in [1.54, 1.807) is 0 Å². The summed E-state index contributed by atoms with van der Waals surface area (Å²) in [6, 6.07) is 10.7. The Bertz CT molecular complexity index is 942. The largest absolute Gasteiger partial charge is 0.350 e. The summed E-state index contributed by atoms with van der Waals surface area (Å²) in [6.07, 6.45) is 2.16. The van der Waals surface area contributed by atoms with Crippen molar-refractivity contribution in [3.05, 3.63) is 57.9 Å². The Labute approximate surface area is 154 Å². The first-order chi connectivity index (χ1) is 12.1. The predicted octanol–water partition coefficient (Wildman–Crippen LogP) is 5.28. The Morgan fingerprint density at radius 2 is 1.92 bits per heavy atom. The minimum absolute atomic E-state index is 0.582. The third kappa shape index (κ3) is 2.71. The second-order valence-corrected chi connectivity index (χ2v) is 7.35. The van der Waals surface area contributed by atoms with Gasteiger partial charge in [-0.15, -0.1) is 0 Å². The van der Waals surface area contributed by atoms with Gasteiger partial charge in [-0.25, -0.2) is 4.98 Å². The third-order valence-electron chi connectivity index (χ3n) is 5.44. The van der Waals surface area contributed by atoms with Crippen LogP contribution < -0.4 is 4.90 Å². The van der Waals surface area contributed by atoms with Crippen LogP contribution >= 0.6 is 11.6 Å². The molecular weight excluding hydrogens is 330 g/mol. The van der Waals surface area contributed by atoms with E-state index in [0.717, 1.165) is 38.3 Å². The zero-order valence-corrected chi connectivity index (χ0v) is 15.9. The molecule has 1 aliphatic heterocycles. The van der Waals surface area contributed by atoms with Crippen LogP contribution in [0.2, 0.25) is 5.15 Å². The fraction of sp³-hybridized carbons (Fsp3) is 0.381. The topological polar surface area (TPSA) is 21.1 Å². The van der Waals surface area contributed by atoms with Gasteiger partial charge in [0.15, 0.2) is 5.82 Å². The van der Waals surface area contributed by atoms with Crippen LogP contribution in [0.25, 0.3) is 10.9 Å². The lowest BCUT2D eigenvalue weighted by Gasteiger charge is -2.30. The number of anilines is 1. The SMILES string of the molecule is CCCn1c(C)c(C)c2cc(Cl)nc(N3CCc4ccccc4C3)c21. The summed E-state index contributed by atoms with van der Waals surface area (Å²) in [5.74, 6) is 1.03. The smallest absolute Gasteiger partial charge is 0.155 e. The van der Waals surface area contributed by atoms with Crippen molar-refractivity contribution in [2.75, 3.05) is 11.4 Å². The van der Waals surface area contributed by atoms with E-state index in [-0.39, 0.29) is 0 Å². The fourth-order valence-corrected chi connectivity index (χ4v) is 4.20. The monoisotopic (exact) mass is 353 g/mol. The van der Waals surface area contributed by atoms with Gasteiger partial charge in [-0.3, -0.25) is 0 Å². The van der Waals surface area contributed by atoms with E-state index in [1.807, 2.05) is 6.07 Å². The van der Waals surface area contributed by atoms with Crippen LogP contribution in [-0.4, -0.2) is 16.1 Å². The molecule has 0 aliphatic carbocycles. The van der Waals surface area contributed by atoms with Gasteiger partial charge in [0, 0.05) is 30.7 Å². The highest BCUT2D eigenvalue weighted by molar-refractivity contribution is 6.30. The lowest BCUT2D eigenvalue weighted by Crippen LogP contribution is -2.31. The average molecular weight is 354 g/mol. The number of benzene rings is 1. The van der Waals surface area contributed by atoms with Gasteiger partial charge >= 0.3 is 0 Å². The molecule has 3 nitrogen and oxygen atoms in total. The first-order valence-corrected chi connectivity index (χ1v) is 9.45. The van der Waals surface area contributed by atoms with E-state index in [1.165, 1.54) is 33.3 Å². The molecule has 4 heteroatoms. The number of nitrogens with zero attached hydrogens (tertiary/aromatic N) is 3. The number of rotatable bonds is 3. The van der Waals surface area contributed by atoms with Crippen molar-refractivity contribution < 1.29 is 0 Å². The maximum atomic E-state index is 6.41. The van der Waals surface area contributed by atoms with E-state index in [2.05, 4.69) is 54.5 Å². The molecule has 25 heavy (non-hydrogen) atoms. The van der Waals surface area contributed by atoms with Crippen molar-refractivity contribution in [1.82, 2.24) is 9.55 Å². The Hall–Kier alpha value is -2.00. The van der Waals surface area contributed by atoms with Crippen molar-refractivity contribution in [1.29, 1.82) is 0 Å². The predicted molar refractivity (Wildman–Crippen MR) is 106 cm³/mol. The number of aromatic nitrogens is 2. The molecule has 0 saturated carbocycles. The Morgan fingerprint density at radius 1 is 1.16 bits per heavy atom. The molecule has 130 valence electrons. The molecule has 4 rings (SSSR count). The van der Waals surface area contributed by atoms with Gasteiger partial charge < -0.3 is 9.47 Å². The molecule has 0 amide bonds. The lowest BCUT2D eigenvalue weighted by molar-refractivity contribution is 0.675. The van der Waals surface area contributed by atoms with Gasteiger partial charge in [-0.1, -0.05) is 42.8 Å². The number of hydrogen-bond donors (Lipinski definition) is 0. The average Bonchev–Trinajstić information content (AvgIpc) is 2.86. The molecule has 0 saturated heterocycles. The molecule has 3 heterocycles. The molecule has 1 aliphatic rings. The van der Waals surface area contributed by atoms with E-state index < -0.39 is 0 Å². The van der Waals surface area contributed by atoms with E-state index >= 15 is 0 Å². The molecular formula is C21H24ClN3. The van der Waals surface area contributed by atoms with Gasteiger partial charge in [-0.2, -0.15) is 0 Å². The van der Waals surface area contributed by atoms with Crippen LogP contribution in [0.5, 0.6) is 0 Å². The van der Waals surface area contributed by atoms with Crippen molar-refractivity contribution in [2.24, 2.45) is 0 Å². The molecule has 2 aromatic heterocycles. The molecule has 0 N–H and O–H groups in total. The normalized spacial score (nSPS) is 14.2. The highest BCUT2D eigenvalue weighted by atomic mass is 35.5. The van der Waals surface area contributed by atoms with Crippen LogP contribution in [0.1, 0.15) is 35.7 Å². The zero-order chi connectivity index (χ0) is 17.6. The number of halogens is 1. The van der Waals surface area contributed by atoms with E-state index in [0.29, 0.717) is 5.15 Å². The van der Waals surface area contributed by atoms with Gasteiger partial charge in [0.25, 0.3) is 0 Å². The standard InChI is InChI=1S/C21H24ClN3/c1-4-10-25-15(3)14(2)18-12-19(22)23-21(20(18)25)24-11-9-16-7-5-6-8-17(16)13-24/h5-8,12H,4,9-11,13H2,1-3H3. The quantitative estimate of drug-likeness (QED) is 0.597. The maximum absolute atomic E-state index is 6.41. The first kappa shape index (κ1) is 16.5. The van der Waals surface area contributed by atoms with Gasteiger partial charge in [0.05, 0.1) is 5.52 Å². The molecule has 0 spiro atoms. The highest BCUT2D eigenvalue weighted by Gasteiger charge is 2.23. The van der Waals surface area contributed by atoms with Gasteiger partial charge in [0.1, 0.15) is 5.15 Å². The Kier molecular flexibility index (Phi) is 4.20. The number of aryl methyl sites for hydroxylation is 2. The summed E-state index contributed by atoms with van der Waals surface area (Å²) in [5, 5.41) is 1.82. The Balaban J connectivity index is 1.88. The second-order valence-electron chi connectivity index (χ2n) is 6.97. The summed E-state index contributed by atoms with van der Waals surface area (Å²) in [6.45, 7) is 9.50. The molecule has 1 aromatic carbocycles. The Morgan fingerprint density at radius 3 is 2.68 bits per heavy atom. The van der Waals surface area contributed by atoms with Crippen LogP contribution in [0.4, 0.5) is 5.82 Å². The highest BCUT2D eigenvalue weighted by Crippen LogP contribution is 2.35. The van der Waals surface area contributed by atoms with Crippen LogP contribution in [0.3, 0.4) is 0 Å². The van der Waals surface area contributed by atoms with Crippen LogP contribution in [0.15, 0.2) is 30.3 Å². The second kappa shape index (κ2) is 6.38. The molecule has 3 aromatic rings. The van der Waals surface area contributed by atoms with E-state index in [4.69, 9.17) is 16.6 Å². The summed E-state index contributed by atoms with van der Waals surface area (Å²) >= 11 is 6.41. The summed E-state index contributed by atoms with van der Waals surface area (Å²) in [5.41, 5.74) is 6.71. The molecule has 0 atom stereocenters. The molecule has 0 fully saturated rings. The summed E-state index contributed by atoms with van der Waals surface area (Å²) in [4.78, 5) is 7.16. The van der Waals surface area contributed by atoms with Gasteiger partial charge in [0.2, 0.25) is 0 Å². The van der Waals surface area contributed by atoms with Crippen molar-refractivity contribution in [3.8, 4) is 0 Å². The van der Waals surface area contributed by atoms with Crippen molar-refractivity contribution in [3.63, 3.8) is 0 Å². The summed E-state index contributed by atoms with van der Waals surface area (Å²) in [7, 11) is 0. The zero-order valence-electron chi connectivity index (χ0n) is 15.1. The van der Waals surface area contributed by atoms with Crippen molar-refractivity contribution >= 4 is 28.3 Å². The number of pyridine rings is 1. The van der Waals surface area contributed by atoms with Crippen LogP contribution in [0, 0.1) is 13.8 Å². The molecule has 0 unspecified atom stereocenters. The summed E-state index contributed by atoms with van der Waals surface area (Å²) < 4.78 is 2.42. The molecule has 0 radical (unpaired) electrons. The van der Waals surface area contributed by atoms with Crippen LogP contribution in [-0.2, 0) is 19.5 Å². The van der Waals surface area contributed by atoms with E-state index in [9.17, 15) is 0 Å². The number of fused-ring (bicyclic) bond motifs is 2. The first-order valence-electron chi connectivity index (χ1n) is 9.07. The minimum atomic E-state index is 0.582. The van der Waals surface area contributed by atoms with Gasteiger partial charge in [-0.05, 0) is 49.4 Å². The van der Waals surface area contributed by atoms with Crippen molar-refractivity contribution in [2.45, 2.75) is 46.7 Å². The third-order valence-corrected chi connectivity index (χ3v) is 5.64.